The number of hydrogen-bond acceptors (Lipinski definition) is 4. The fourth-order valence-corrected chi connectivity index (χ4v) is 4.84. The number of rotatable bonds is 8. The van der Waals surface area contributed by atoms with Crippen molar-refractivity contribution in [3.05, 3.63) is 29.8 Å². The molecule has 1 aliphatic heterocycles. The Balaban J connectivity index is 1.28. The zero-order chi connectivity index (χ0) is 23.8. The van der Waals surface area contributed by atoms with Gasteiger partial charge in [-0.3, -0.25) is 0 Å². The molecular formula is C25H38F3N3O2. The Hall–Kier alpha value is -1.80. The van der Waals surface area contributed by atoms with Crippen LogP contribution in [0.3, 0.4) is 0 Å². The number of amides is 1. The highest BCUT2D eigenvalue weighted by molar-refractivity contribution is 5.70. The van der Waals surface area contributed by atoms with Crippen LogP contribution in [0.5, 0.6) is 5.75 Å². The summed E-state index contributed by atoms with van der Waals surface area (Å²) in [4.78, 5) is 18.8. The molecule has 1 aromatic rings. The number of piperazine rings is 1. The van der Waals surface area contributed by atoms with Gasteiger partial charge in [-0.1, -0.05) is 25.7 Å². The molecular weight excluding hydrogens is 431 g/mol. The van der Waals surface area contributed by atoms with Crippen LogP contribution in [0.25, 0.3) is 0 Å². The highest BCUT2D eigenvalue weighted by Gasteiger charge is 2.30. The van der Waals surface area contributed by atoms with E-state index in [-0.39, 0.29) is 5.75 Å². The highest BCUT2D eigenvalue weighted by Crippen LogP contribution is 2.33. The lowest BCUT2D eigenvalue weighted by atomic mass is 9.78. The van der Waals surface area contributed by atoms with E-state index in [1.807, 2.05) is 0 Å². The standard InChI is InChI=1S/C25H38F3N3O2/c1-29-16-18-31(19-17-29)14-3-4-20-5-7-21(8-6-20)13-15-30(2)24(32)33-23-11-9-22(10-12-23)25(26,27)28/h9-12,20-21H,3-8,13-19H2,1-2H3. The van der Waals surface area contributed by atoms with Crippen LogP contribution in [0.1, 0.15) is 50.5 Å². The van der Waals surface area contributed by atoms with E-state index in [4.69, 9.17) is 4.74 Å². The van der Waals surface area contributed by atoms with Gasteiger partial charge in [-0.05, 0) is 69.0 Å². The Morgan fingerprint density at radius 1 is 1.00 bits per heavy atom. The topological polar surface area (TPSA) is 36.0 Å². The molecule has 0 bridgehead atoms. The monoisotopic (exact) mass is 469 g/mol. The Bertz CT molecular complexity index is 725. The first-order valence-corrected chi connectivity index (χ1v) is 12.2. The second-order valence-electron chi connectivity index (χ2n) is 9.77. The van der Waals surface area contributed by atoms with E-state index in [0.29, 0.717) is 12.5 Å². The number of nitrogens with zero attached hydrogens (tertiary/aromatic N) is 3. The number of halogens is 3. The molecule has 0 atom stereocenters. The molecule has 33 heavy (non-hydrogen) atoms. The Labute approximate surface area is 195 Å². The first kappa shape index (κ1) is 25.8. The van der Waals surface area contributed by atoms with Gasteiger partial charge in [0.2, 0.25) is 0 Å². The summed E-state index contributed by atoms with van der Waals surface area (Å²) in [6, 6.07) is 4.21. The van der Waals surface area contributed by atoms with E-state index in [1.165, 1.54) is 88.3 Å². The zero-order valence-corrected chi connectivity index (χ0v) is 19.9. The smallest absolute Gasteiger partial charge is 0.410 e. The summed E-state index contributed by atoms with van der Waals surface area (Å²) in [6.07, 6.45) is 3.57. The molecule has 2 aliphatic rings. The van der Waals surface area contributed by atoms with Crippen molar-refractivity contribution in [2.45, 2.75) is 51.1 Å². The Kier molecular flexibility index (Phi) is 9.44. The van der Waals surface area contributed by atoms with Crippen molar-refractivity contribution in [2.24, 2.45) is 11.8 Å². The number of hydrogen-bond donors (Lipinski definition) is 0. The average Bonchev–Trinajstić information content (AvgIpc) is 2.79. The molecule has 5 nitrogen and oxygen atoms in total. The van der Waals surface area contributed by atoms with Crippen LogP contribution in [0, 0.1) is 11.8 Å². The van der Waals surface area contributed by atoms with Gasteiger partial charge in [-0.15, -0.1) is 0 Å². The molecule has 1 aromatic carbocycles. The van der Waals surface area contributed by atoms with E-state index in [2.05, 4.69) is 16.8 Å². The van der Waals surface area contributed by atoms with Crippen molar-refractivity contribution >= 4 is 6.09 Å². The van der Waals surface area contributed by atoms with E-state index in [0.717, 1.165) is 24.5 Å². The third kappa shape index (κ3) is 8.49. The lowest BCUT2D eigenvalue weighted by Crippen LogP contribution is -2.44. The average molecular weight is 470 g/mol. The van der Waals surface area contributed by atoms with Crippen LogP contribution < -0.4 is 4.74 Å². The number of ether oxygens (including phenoxy) is 1. The molecule has 1 heterocycles. The number of carbonyl (C=O) groups excluding carboxylic acids is 1. The van der Waals surface area contributed by atoms with Gasteiger partial charge in [0.05, 0.1) is 5.56 Å². The van der Waals surface area contributed by atoms with Crippen molar-refractivity contribution in [3.8, 4) is 5.75 Å². The minimum atomic E-state index is -4.40. The van der Waals surface area contributed by atoms with E-state index < -0.39 is 17.8 Å². The molecule has 1 aliphatic carbocycles. The maximum Gasteiger partial charge on any atom is 0.416 e. The van der Waals surface area contributed by atoms with E-state index in [1.54, 1.807) is 7.05 Å². The molecule has 2 fully saturated rings. The van der Waals surface area contributed by atoms with Gasteiger partial charge in [0.25, 0.3) is 0 Å². The molecule has 186 valence electrons. The third-order valence-electron chi connectivity index (χ3n) is 7.22. The minimum Gasteiger partial charge on any atom is -0.410 e. The second kappa shape index (κ2) is 12.1. The van der Waals surface area contributed by atoms with Gasteiger partial charge < -0.3 is 19.4 Å². The van der Waals surface area contributed by atoms with Gasteiger partial charge in [-0.25, -0.2) is 4.79 Å². The highest BCUT2D eigenvalue weighted by atomic mass is 19.4. The fourth-order valence-electron chi connectivity index (χ4n) is 4.84. The summed E-state index contributed by atoms with van der Waals surface area (Å²) in [5.41, 5.74) is -0.759. The maximum absolute atomic E-state index is 12.6. The summed E-state index contributed by atoms with van der Waals surface area (Å²) in [5.74, 6) is 1.58. The van der Waals surface area contributed by atoms with Crippen LogP contribution >= 0.6 is 0 Å². The molecule has 1 saturated heterocycles. The summed E-state index contributed by atoms with van der Waals surface area (Å²) in [6.45, 7) is 6.56. The third-order valence-corrected chi connectivity index (χ3v) is 7.22. The van der Waals surface area contributed by atoms with Gasteiger partial charge in [-0.2, -0.15) is 13.2 Å². The van der Waals surface area contributed by atoms with Crippen LogP contribution in [-0.4, -0.2) is 74.2 Å². The first-order valence-electron chi connectivity index (χ1n) is 12.2. The number of carbonyl (C=O) groups is 1. The van der Waals surface area contributed by atoms with Gasteiger partial charge >= 0.3 is 12.3 Å². The molecule has 1 amide bonds. The lowest BCUT2D eigenvalue weighted by Gasteiger charge is -2.33. The van der Waals surface area contributed by atoms with Crippen LogP contribution in [0.4, 0.5) is 18.0 Å². The maximum atomic E-state index is 12.6. The van der Waals surface area contributed by atoms with Crippen molar-refractivity contribution in [3.63, 3.8) is 0 Å². The minimum absolute atomic E-state index is 0.122. The quantitative estimate of drug-likeness (QED) is 0.514. The van der Waals surface area contributed by atoms with Crippen molar-refractivity contribution < 1.29 is 22.7 Å². The van der Waals surface area contributed by atoms with Crippen LogP contribution in [0.2, 0.25) is 0 Å². The largest absolute Gasteiger partial charge is 0.416 e. The predicted molar refractivity (Wildman–Crippen MR) is 123 cm³/mol. The van der Waals surface area contributed by atoms with Gasteiger partial charge in [0.1, 0.15) is 5.75 Å². The van der Waals surface area contributed by atoms with Gasteiger partial charge in [0.15, 0.2) is 0 Å². The molecule has 0 aromatic heterocycles. The first-order chi connectivity index (χ1) is 15.7. The molecule has 0 N–H and O–H groups in total. The molecule has 0 unspecified atom stereocenters. The zero-order valence-electron chi connectivity index (χ0n) is 19.9. The summed E-state index contributed by atoms with van der Waals surface area (Å²) in [5, 5.41) is 0. The number of likely N-dealkylation sites (N-methyl/N-ethyl adjacent to an activating group) is 1. The van der Waals surface area contributed by atoms with Gasteiger partial charge in [0, 0.05) is 39.8 Å². The molecule has 0 spiro atoms. The summed E-state index contributed by atoms with van der Waals surface area (Å²) < 4.78 is 43.1. The summed E-state index contributed by atoms with van der Waals surface area (Å²) in [7, 11) is 3.87. The molecule has 1 saturated carbocycles. The Morgan fingerprint density at radius 2 is 1.58 bits per heavy atom. The van der Waals surface area contributed by atoms with Crippen LogP contribution in [0.15, 0.2) is 24.3 Å². The summed E-state index contributed by atoms with van der Waals surface area (Å²) >= 11 is 0. The van der Waals surface area contributed by atoms with E-state index in [9.17, 15) is 18.0 Å². The molecule has 0 radical (unpaired) electrons. The van der Waals surface area contributed by atoms with Crippen LogP contribution in [-0.2, 0) is 6.18 Å². The number of alkyl halides is 3. The lowest BCUT2D eigenvalue weighted by molar-refractivity contribution is -0.137. The molecule has 3 rings (SSSR count). The normalized spacial score (nSPS) is 22.8. The Morgan fingerprint density at radius 3 is 2.15 bits per heavy atom. The predicted octanol–water partition coefficient (Wildman–Crippen LogP) is 5.36. The SMILES string of the molecule is CN1CCN(CCCC2CCC(CCN(C)C(=O)Oc3ccc(C(F)(F)F)cc3)CC2)CC1. The van der Waals surface area contributed by atoms with E-state index >= 15 is 0 Å². The van der Waals surface area contributed by atoms with Crippen molar-refractivity contribution in [1.82, 2.24) is 14.7 Å². The molecule has 8 heteroatoms. The second-order valence-corrected chi connectivity index (χ2v) is 9.77. The van der Waals surface area contributed by atoms with Crippen molar-refractivity contribution in [1.29, 1.82) is 0 Å². The number of benzene rings is 1. The van der Waals surface area contributed by atoms with Crippen molar-refractivity contribution in [2.75, 3.05) is 53.4 Å². The fraction of sp³-hybridized carbons (Fsp3) is 0.720.